The van der Waals surface area contributed by atoms with Gasteiger partial charge in [0.05, 0.1) is 13.2 Å². The van der Waals surface area contributed by atoms with E-state index in [4.69, 9.17) is 13.6 Å². The van der Waals surface area contributed by atoms with Crippen molar-refractivity contribution in [2.24, 2.45) is 0 Å². The molecule has 4 heteroatoms. The minimum Gasteiger partial charge on any atom is -0.396 e. The Balaban J connectivity index is 1.87. The van der Waals surface area contributed by atoms with E-state index >= 15 is 0 Å². The maximum Gasteiger partial charge on any atom is 0.304 e. The predicted molar refractivity (Wildman–Crippen MR) is 45.1 cm³/mol. The number of ether oxygens (including phenoxy) is 1. The van der Waals surface area contributed by atoms with Crippen molar-refractivity contribution in [1.29, 1.82) is 0 Å². The summed E-state index contributed by atoms with van der Waals surface area (Å²) in [6.07, 6.45) is 0.367. The quantitative estimate of drug-likeness (QED) is 0.349. The molecule has 66 valence electrons. The Morgan fingerprint density at radius 1 is 1.55 bits per heavy atom. The van der Waals surface area contributed by atoms with Crippen molar-refractivity contribution in [3.05, 3.63) is 0 Å². The first-order valence-electron chi connectivity index (χ1n) is 3.91. The van der Waals surface area contributed by atoms with Gasteiger partial charge in [-0.1, -0.05) is 0 Å². The molecule has 1 aliphatic rings. The topological polar surface area (TPSA) is 31.0 Å². The van der Waals surface area contributed by atoms with Crippen LogP contribution in [0.1, 0.15) is 20.8 Å². The van der Waals surface area contributed by atoms with Crippen molar-refractivity contribution in [3.8, 4) is 0 Å². The van der Waals surface area contributed by atoms with E-state index in [2.05, 4.69) is 0 Å². The Labute approximate surface area is 70.1 Å². The lowest BCUT2D eigenvalue weighted by Crippen LogP contribution is -2.24. The van der Waals surface area contributed by atoms with Gasteiger partial charge in [-0.25, -0.2) is 0 Å². The van der Waals surface area contributed by atoms with E-state index in [0.717, 1.165) is 13.2 Å². The van der Waals surface area contributed by atoms with Gasteiger partial charge >= 0.3 is 10.0 Å². The van der Waals surface area contributed by atoms with Gasteiger partial charge in [-0.15, -0.1) is 0 Å². The van der Waals surface area contributed by atoms with Crippen molar-refractivity contribution in [1.82, 2.24) is 0 Å². The standard InChI is InChI=1S/C7H16O3Si/c1-7(2,3)10-11-9-5-6-4-8-6/h6H,4-5,11H2,1-3H3. The highest BCUT2D eigenvalue weighted by atomic mass is 28.3. The SMILES string of the molecule is CC(C)(C)O[SiH2]OCC1CO1. The highest BCUT2D eigenvalue weighted by Gasteiger charge is 2.22. The minimum absolute atomic E-state index is 0.0450. The van der Waals surface area contributed by atoms with Gasteiger partial charge in [-0.2, -0.15) is 0 Å². The van der Waals surface area contributed by atoms with Crippen molar-refractivity contribution in [2.75, 3.05) is 13.2 Å². The zero-order valence-electron chi connectivity index (χ0n) is 7.42. The van der Waals surface area contributed by atoms with Crippen LogP contribution in [-0.4, -0.2) is 34.9 Å². The van der Waals surface area contributed by atoms with E-state index in [0.29, 0.717) is 6.10 Å². The largest absolute Gasteiger partial charge is 0.396 e. The molecule has 0 N–H and O–H groups in total. The second-order valence-corrected chi connectivity index (χ2v) is 4.63. The smallest absolute Gasteiger partial charge is 0.304 e. The molecule has 0 aromatic carbocycles. The molecule has 1 unspecified atom stereocenters. The molecule has 0 radical (unpaired) electrons. The molecule has 3 nitrogen and oxygen atoms in total. The summed E-state index contributed by atoms with van der Waals surface area (Å²) in [4.78, 5) is 0. The second kappa shape index (κ2) is 3.67. The number of hydrogen-bond donors (Lipinski definition) is 0. The molecule has 0 amide bonds. The fourth-order valence-electron chi connectivity index (χ4n) is 0.562. The molecule has 1 aliphatic heterocycles. The van der Waals surface area contributed by atoms with E-state index in [1.165, 1.54) is 0 Å². The zero-order valence-corrected chi connectivity index (χ0v) is 8.84. The van der Waals surface area contributed by atoms with Crippen LogP contribution in [0.25, 0.3) is 0 Å². The third-order valence-electron chi connectivity index (χ3n) is 1.28. The fraction of sp³-hybridized carbons (Fsp3) is 1.00. The Kier molecular flexibility index (Phi) is 3.06. The lowest BCUT2D eigenvalue weighted by molar-refractivity contribution is 0.0953. The van der Waals surface area contributed by atoms with E-state index in [9.17, 15) is 0 Å². The first-order valence-corrected chi connectivity index (χ1v) is 5.07. The summed E-state index contributed by atoms with van der Waals surface area (Å²) < 4.78 is 15.8. The van der Waals surface area contributed by atoms with Crippen molar-refractivity contribution < 1.29 is 13.6 Å². The van der Waals surface area contributed by atoms with Crippen LogP contribution in [0.3, 0.4) is 0 Å². The van der Waals surface area contributed by atoms with E-state index in [1.54, 1.807) is 0 Å². The molecule has 1 fully saturated rings. The first-order chi connectivity index (χ1) is 5.08. The van der Waals surface area contributed by atoms with Crippen LogP contribution in [0, 0.1) is 0 Å². The minimum atomic E-state index is -0.776. The fourth-order valence-corrected chi connectivity index (χ4v) is 1.36. The zero-order chi connectivity index (χ0) is 8.32. The summed E-state index contributed by atoms with van der Waals surface area (Å²) in [5.74, 6) is 0. The van der Waals surface area contributed by atoms with Gasteiger partial charge in [0.15, 0.2) is 0 Å². The summed E-state index contributed by atoms with van der Waals surface area (Å²) >= 11 is 0. The molecule has 1 atom stereocenters. The van der Waals surface area contributed by atoms with Gasteiger partial charge in [0.25, 0.3) is 0 Å². The first kappa shape index (κ1) is 9.19. The van der Waals surface area contributed by atoms with Crippen molar-refractivity contribution in [2.45, 2.75) is 32.5 Å². The van der Waals surface area contributed by atoms with Gasteiger partial charge < -0.3 is 13.6 Å². The molecule has 0 spiro atoms. The van der Waals surface area contributed by atoms with E-state index in [1.807, 2.05) is 20.8 Å². The van der Waals surface area contributed by atoms with Crippen LogP contribution >= 0.6 is 0 Å². The van der Waals surface area contributed by atoms with Crippen LogP contribution in [0.4, 0.5) is 0 Å². The third-order valence-corrected chi connectivity index (χ3v) is 2.67. The van der Waals surface area contributed by atoms with E-state index in [-0.39, 0.29) is 5.60 Å². The Hall–Kier alpha value is 0.0969. The molecule has 0 aromatic heterocycles. The highest BCUT2D eigenvalue weighted by molar-refractivity contribution is 6.18. The molecule has 0 bridgehead atoms. The van der Waals surface area contributed by atoms with Crippen LogP contribution in [-0.2, 0) is 13.6 Å². The maximum atomic E-state index is 5.47. The average Bonchev–Trinajstić information content (AvgIpc) is 2.60. The van der Waals surface area contributed by atoms with Crippen molar-refractivity contribution >= 4 is 10.0 Å². The molecule has 0 aliphatic carbocycles. The molecule has 1 rings (SSSR count). The average molecular weight is 176 g/mol. The number of epoxide rings is 1. The monoisotopic (exact) mass is 176 g/mol. The van der Waals surface area contributed by atoms with Gasteiger partial charge in [0.1, 0.15) is 6.10 Å². The third kappa shape index (κ3) is 5.38. The molecule has 0 saturated carbocycles. The van der Waals surface area contributed by atoms with Crippen LogP contribution < -0.4 is 0 Å². The summed E-state index contributed by atoms with van der Waals surface area (Å²) in [6, 6.07) is 0. The molecular weight excluding hydrogens is 160 g/mol. The Morgan fingerprint density at radius 3 is 2.64 bits per heavy atom. The van der Waals surface area contributed by atoms with Gasteiger partial charge in [0, 0.05) is 5.60 Å². The van der Waals surface area contributed by atoms with E-state index < -0.39 is 10.0 Å². The molecular formula is C7H16O3Si. The summed E-state index contributed by atoms with van der Waals surface area (Å²) in [5.41, 5.74) is -0.0450. The lowest BCUT2D eigenvalue weighted by atomic mass is 10.2. The van der Waals surface area contributed by atoms with Crippen LogP contribution in [0.2, 0.25) is 0 Å². The predicted octanol–water partition coefficient (Wildman–Crippen LogP) is 0.216. The Morgan fingerprint density at radius 2 is 2.18 bits per heavy atom. The summed E-state index contributed by atoms with van der Waals surface area (Å²) in [5, 5.41) is 0. The highest BCUT2D eigenvalue weighted by Crippen LogP contribution is 2.09. The van der Waals surface area contributed by atoms with Gasteiger partial charge in [-0.05, 0) is 20.8 Å². The second-order valence-electron chi connectivity index (χ2n) is 3.70. The molecule has 1 heterocycles. The summed E-state index contributed by atoms with van der Waals surface area (Å²) in [7, 11) is -0.776. The molecule has 0 aromatic rings. The van der Waals surface area contributed by atoms with Gasteiger partial charge in [0.2, 0.25) is 0 Å². The van der Waals surface area contributed by atoms with Crippen molar-refractivity contribution in [3.63, 3.8) is 0 Å². The normalized spacial score (nSPS) is 24.8. The number of rotatable bonds is 4. The summed E-state index contributed by atoms with van der Waals surface area (Å²) in [6.45, 7) is 7.71. The molecule has 1 saturated heterocycles. The van der Waals surface area contributed by atoms with Crippen LogP contribution in [0.15, 0.2) is 0 Å². The van der Waals surface area contributed by atoms with Crippen LogP contribution in [0.5, 0.6) is 0 Å². The lowest BCUT2D eigenvalue weighted by Gasteiger charge is -2.19. The number of hydrogen-bond acceptors (Lipinski definition) is 3. The maximum absolute atomic E-state index is 5.47. The van der Waals surface area contributed by atoms with Gasteiger partial charge in [-0.3, -0.25) is 0 Å². The Bertz CT molecular complexity index is 117. The molecule has 11 heavy (non-hydrogen) atoms.